The Kier molecular flexibility index (Phi) is 4.49. The van der Waals surface area contributed by atoms with Crippen LogP contribution >= 0.6 is 11.3 Å². The molecule has 138 valence electrons. The standard InChI is InChI=1S/C19H18N4O3S/c1-23(13-6-2-11(3-7-13)10-16(24)25)15-9-8-14-18(21-15)27-19(20-14)22-17(26)12-4-5-12/h2-3,6-9,12H,4-5,10H2,1H3,(H,24,25)(H,20,22,26). The molecule has 1 amide bonds. The Hall–Kier alpha value is -3.00. The van der Waals surface area contributed by atoms with Gasteiger partial charge in [0.05, 0.1) is 6.42 Å². The molecule has 0 unspecified atom stereocenters. The van der Waals surface area contributed by atoms with E-state index in [4.69, 9.17) is 5.11 Å². The van der Waals surface area contributed by atoms with E-state index in [9.17, 15) is 9.59 Å². The fraction of sp³-hybridized carbons (Fsp3) is 0.263. The van der Waals surface area contributed by atoms with Crippen LogP contribution in [0.5, 0.6) is 0 Å². The molecule has 0 spiro atoms. The molecule has 0 aliphatic heterocycles. The van der Waals surface area contributed by atoms with E-state index in [0.717, 1.165) is 40.3 Å². The van der Waals surface area contributed by atoms with Crippen molar-refractivity contribution in [1.29, 1.82) is 0 Å². The Morgan fingerprint density at radius 3 is 2.59 bits per heavy atom. The number of amides is 1. The van der Waals surface area contributed by atoms with Crippen LogP contribution in [0.25, 0.3) is 10.3 Å². The topological polar surface area (TPSA) is 95.4 Å². The van der Waals surface area contributed by atoms with E-state index in [1.54, 1.807) is 12.1 Å². The number of carboxylic acids is 1. The van der Waals surface area contributed by atoms with E-state index in [1.807, 2.05) is 36.2 Å². The second kappa shape index (κ2) is 6.96. The van der Waals surface area contributed by atoms with Gasteiger partial charge < -0.3 is 15.3 Å². The minimum absolute atomic E-state index is 0.00439. The summed E-state index contributed by atoms with van der Waals surface area (Å²) in [4.78, 5) is 34.4. The van der Waals surface area contributed by atoms with Crippen LogP contribution in [0.3, 0.4) is 0 Å². The van der Waals surface area contributed by atoms with Crippen LogP contribution in [-0.4, -0.2) is 34.0 Å². The van der Waals surface area contributed by atoms with Crippen molar-refractivity contribution in [3.05, 3.63) is 42.0 Å². The average Bonchev–Trinajstić information content (AvgIpc) is 3.41. The van der Waals surface area contributed by atoms with Crippen LogP contribution < -0.4 is 10.2 Å². The molecule has 0 bridgehead atoms. The van der Waals surface area contributed by atoms with Gasteiger partial charge in [0.15, 0.2) is 5.13 Å². The number of nitrogens with zero attached hydrogens (tertiary/aromatic N) is 3. The minimum Gasteiger partial charge on any atom is -0.481 e. The number of carbonyl (C=O) groups is 2. The molecule has 1 aliphatic carbocycles. The molecule has 1 aromatic carbocycles. The second-order valence-electron chi connectivity index (χ2n) is 6.57. The van der Waals surface area contributed by atoms with Crippen molar-refractivity contribution in [3.8, 4) is 0 Å². The molecule has 3 aromatic rings. The largest absolute Gasteiger partial charge is 0.481 e. The molecular formula is C19H18N4O3S. The number of benzene rings is 1. The van der Waals surface area contributed by atoms with Gasteiger partial charge in [-0.05, 0) is 42.7 Å². The van der Waals surface area contributed by atoms with Crippen LogP contribution in [0, 0.1) is 5.92 Å². The number of aliphatic carboxylic acids is 1. The fourth-order valence-corrected chi connectivity index (χ4v) is 3.58. The van der Waals surface area contributed by atoms with Gasteiger partial charge in [0, 0.05) is 18.7 Å². The molecule has 0 atom stereocenters. The van der Waals surface area contributed by atoms with Gasteiger partial charge in [0.2, 0.25) is 5.91 Å². The van der Waals surface area contributed by atoms with Gasteiger partial charge in [0.1, 0.15) is 16.2 Å². The summed E-state index contributed by atoms with van der Waals surface area (Å²) in [6, 6.07) is 11.1. The van der Waals surface area contributed by atoms with Crippen LogP contribution in [0.2, 0.25) is 0 Å². The molecular weight excluding hydrogens is 364 g/mol. The zero-order chi connectivity index (χ0) is 19.0. The number of hydrogen-bond donors (Lipinski definition) is 2. The van der Waals surface area contributed by atoms with Crippen molar-refractivity contribution >= 4 is 50.2 Å². The molecule has 1 saturated carbocycles. The third kappa shape index (κ3) is 3.90. The lowest BCUT2D eigenvalue weighted by molar-refractivity contribution is -0.136. The Balaban J connectivity index is 1.53. The predicted octanol–water partition coefficient (Wildman–Crippen LogP) is 3.43. The van der Waals surface area contributed by atoms with Crippen molar-refractivity contribution in [2.45, 2.75) is 19.3 Å². The second-order valence-corrected chi connectivity index (χ2v) is 7.55. The lowest BCUT2D eigenvalue weighted by Crippen LogP contribution is -2.12. The highest BCUT2D eigenvalue weighted by Gasteiger charge is 2.30. The molecule has 2 aromatic heterocycles. The van der Waals surface area contributed by atoms with Crippen molar-refractivity contribution in [1.82, 2.24) is 9.97 Å². The van der Waals surface area contributed by atoms with Gasteiger partial charge in [-0.25, -0.2) is 9.97 Å². The van der Waals surface area contributed by atoms with E-state index in [0.29, 0.717) is 5.13 Å². The molecule has 27 heavy (non-hydrogen) atoms. The number of carboxylic acid groups (broad SMARTS) is 1. The zero-order valence-electron chi connectivity index (χ0n) is 14.7. The Bertz CT molecular complexity index is 1010. The predicted molar refractivity (Wildman–Crippen MR) is 105 cm³/mol. The summed E-state index contributed by atoms with van der Waals surface area (Å²) in [6.45, 7) is 0. The first-order valence-corrected chi connectivity index (χ1v) is 9.44. The molecule has 0 saturated heterocycles. The van der Waals surface area contributed by atoms with Gasteiger partial charge in [-0.3, -0.25) is 9.59 Å². The summed E-state index contributed by atoms with van der Waals surface area (Å²) < 4.78 is 0. The van der Waals surface area contributed by atoms with Crippen molar-refractivity contribution in [2.75, 3.05) is 17.3 Å². The van der Waals surface area contributed by atoms with Gasteiger partial charge in [-0.2, -0.15) is 0 Å². The first-order chi connectivity index (χ1) is 13.0. The molecule has 8 heteroatoms. The first kappa shape index (κ1) is 17.4. The number of hydrogen-bond acceptors (Lipinski definition) is 6. The summed E-state index contributed by atoms with van der Waals surface area (Å²) in [6.07, 6.45) is 1.91. The summed E-state index contributed by atoms with van der Waals surface area (Å²) in [5.41, 5.74) is 2.41. The van der Waals surface area contributed by atoms with Crippen LogP contribution in [0.1, 0.15) is 18.4 Å². The van der Waals surface area contributed by atoms with Crippen LogP contribution in [0.15, 0.2) is 36.4 Å². The van der Waals surface area contributed by atoms with Gasteiger partial charge in [-0.1, -0.05) is 23.5 Å². The maximum absolute atomic E-state index is 11.9. The molecule has 2 heterocycles. The molecule has 2 N–H and O–H groups in total. The highest BCUT2D eigenvalue weighted by molar-refractivity contribution is 7.22. The number of rotatable bonds is 6. The minimum atomic E-state index is -0.849. The first-order valence-electron chi connectivity index (χ1n) is 8.62. The quantitative estimate of drug-likeness (QED) is 0.678. The number of aromatic nitrogens is 2. The van der Waals surface area contributed by atoms with Gasteiger partial charge in [0.25, 0.3) is 0 Å². The Labute approximate surface area is 159 Å². The number of carbonyl (C=O) groups excluding carboxylic acids is 1. The van der Waals surface area contributed by atoms with Crippen LogP contribution in [0.4, 0.5) is 16.6 Å². The molecule has 4 rings (SSSR count). The lowest BCUT2D eigenvalue weighted by Gasteiger charge is -2.18. The van der Waals surface area contributed by atoms with Crippen LogP contribution in [-0.2, 0) is 16.0 Å². The number of thiazole rings is 1. The van der Waals surface area contributed by atoms with E-state index in [-0.39, 0.29) is 18.2 Å². The third-order valence-electron chi connectivity index (χ3n) is 4.44. The van der Waals surface area contributed by atoms with E-state index in [2.05, 4.69) is 15.3 Å². The maximum atomic E-state index is 11.9. The Morgan fingerprint density at radius 1 is 1.19 bits per heavy atom. The monoisotopic (exact) mass is 382 g/mol. The normalized spacial score (nSPS) is 13.5. The number of anilines is 3. The van der Waals surface area contributed by atoms with E-state index >= 15 is 0 Å². The van der Waals surface area contributed by atoms with Crippen molar-refractivity contribution in [2.24, 2.45) is 5.92 Å². The smallest absolute Gasteiger partial charge is 0.307 e. The molecule has 1 fully saturated rings. The fourth-order valence-electron chi connectivity index (χ4n) is 2.74. The summed E-state index contributed by atoms with van der Waals surface area (Å²) >= 11 is 1.36. The SMILES string of the molecule is CN(c1ccc(CC(=O)O)cc1)c1ccc2nc(NC(=O)C3CC3)sc2n1. The Morgan fingerprint density at radius 2 is 1.93 bits per heavy atom. The zero-order valence-corrected chi connectivity index (χ0v) is 15.5. The van der Waals surface area contributed by atoms with E-state index < -0.39 is 5.97 Å². The highest BCUT2D eigenvalue weighted by atomic mass is 32.1. The van der Waals surface area contributed by atoms with Gasteiger partial charge in [-0.15, -0.1) is 0 Å². The molecule has 1 aliphatic rings. The average molecular weight is 382 g/mol. The van der Waals surface area contributed by atoms with Gasteiger partial charge >= 0.3 is 5.97 Å². The molecule has 7 nitrogen and oxygen atoms in total. The number of fused-ring (bicyclic) bond motifs is 1. The maximum Gasteiger partial charge on any atom is 0.307 e. The lowest BCUT2D eigenvalue weighted by atomic mass is 10.1. The summed E-state index contributed by atoms with van der Waals surface area (Å²) in [5, 5.41) is 12.3. The van der Waals surface area contributed by atoms with E-state index in [1.165, 1.54) is 11.3 Å². The van der Waals surface area contributed by atoms with Crippen molar-refractivity contribution in [3.63, 3.8) is 0 Å². The molecule has 0 radical (unpaired) electrons. The summed E-state index contributed by atoms with van der Waals surface area (Å²) in [7, 11) is 1.90. The highest BCUT2D eigenvalue weighted by Crippen LogP contribution is 2.33. The number of pyridine rings is 1. The third-order valence-corrected chi connectivity index (χ3v) is 5.32. The number of nitrogens with one attached hydrogen (secondary N) is 1. The summed E-state index contributed by atoms with van der Waals surface area (Å²) in [5.74, 6) is 0.0683. The van der Waals surface area contributed by atoms with Crippen molar-refractivity contribution < 1.29 is 14.7 Å².